The fraction of sp³-hybridized carbons (Fsp3) is 0.0714. The summed E-state index contributed by atoms with van der Waals surface area (Å²) in [6.07, 6.45) is 1.62. The molecule has 0 spiro atoms. The number of nitrogen functional groups attached to an aromatic ring is 1. The first-order chi connectivity index (χ1) is 10.0. The highest BCUT2D eigenvalue weighted by Gasteiger charge is 2.11. The summed E-state index contributed by atoms with van der Waals surface area (Å²) in [6, 6.07) is 7.24. The fourth-order valence-corrected chi connectivity index (χ4v) is 3.31. The van der Waals surface area contributed by atoms with Crippen molar-refractivity contribution in [1.29, 1.82) is 0 Å². The van der Waals surface area contributed by atoms with Crippen molar-refractivity contribution < 1.29 is 0 Å². The number of rotatable bonds is 2. The lowest BCUT2D eigenvalue weighted by molar-refractivity contribution is 0.906. The number of aryl methyl sites for hydroxylation is 1. The van der Waals surface area contributed by atoms with Gasteiger partial charge in [0.25, 0.3) is 5.56 Å². The summed E-state index contributed by atoms with van der Waals surface area (Å²) in [5.74, 6) is 0. The molecule has 2 heterocycles. The zero-order chi connectivity index (χ0) is 15.0. The Hall–Kier alpha value is -1.86. The van der Waals surface area contributed by atoms with E-state index in [9.17, 15) is 4.79 Å². The molecule has 106 valence electrons. The summed E-state index contributed by atoms with van der Waals surface area (Å²) < 4.78 is 0.940. The predicted molar refractivity (Wildman–Crippen MR) is 87.6 cm³/mol. The number of nitrogens with one attached hydrogen (secondary N) is 1. The number of fused-ring (bicyclic) bond motifs is 1. The minimum atomic E-state index is -0.178. The molecule has 0 fully saturated rings. The monoisotopic (exact) mass is 362 g/mol. The molecule has 3 rings (SSSR count). The van der Waals surface area contributed by atoms with Crippen LogP contribution in [0.15, 0.2) is 49.8 Å². The number of halogens is 1. The van der Waals surface area contributed by atoms with Crippen LogP contribution >= 0.6 is 27.7 Å². The maximum atomic E-state index is 11.5. The van der Waals surface area contributed by atoms with Gasteiger partial charge in [0.05, 0.1) is 17.4 Å². The molecule has 7 heteroatoms. The van der Waals surface area contributed by atoms with E-state index >= 15 is 0 Å². The maximum Gasteiger partial charge on any atom is 0.251 e. The number of benzene rings is 1. The van der Waals surface area contributed by atoms with Gasteiger partial charge in [0.1, 0.15) is 0 Å². The molecule has 3 aromatic rings. The summed E-state index contributed by atoms with van der Waals surface area (Å²) in [5.41, 5.74) is 7.92. The third-order valence-corrected chi connectivity index (χ3v) is 4.39. The van der Waals surface area contributed by atoms with Gasteiger partial charge in [-0.2, -0.15) is 0 Å². The molecule has 2 aromatic heterocycles. The first kappa shape index (κ1) is 14.1. The van der Waals surface area contributed by atoms with Crippen LogP contribution in [0.25, 0.3) is 10.9 Å². The molecule has 0 aliphatic carbocycles. The molecular formula is C14H11BrN4OS. The maximum absolute atomic E-state index is 11.5. The summed E-state index contributed by atoms with van der Waals surface area (Å²) in [5, 5.41) is 1.43. The molecule has 1 aromatic carbocycles. The molecule has 21 heavy (non-hydrogen) atoms. The van der Waals surface area contributed by atoms with Gasteiger partial charge in [-0.15, -0.1) is 0 Å². The van der Waals surface area contributed by atoms with E-state index in [4.69, 9.17) is 5.73 Å². The lowest BCUT2D eigenvalue weighted by atomic mass is 10.2. The van der Waals surface area contributed by atoms with Crippen molar-refractivity contribution >= 4 is 44.3 Å². The zero-order valence-electron chi connectivity index (χ0n) is 11.1. The fourth-order valence-electron chi connectivity index (χ4n) is 1.97. The van der Waals surface area contributed by atoms with E-state index in [2.05, 4.69) is 30.9 Å². The Morgan fingerprint density at radius 1 is 1.33 bits per heavy atom. The van der Waals surface area contributed by atoms with Gasteiger partial charge in [0.15, 0.2) is 5.16 Å². The number of hydrogen-bond acceptors (Lipinski definition) is 5. The van der Waals surface area contributed by atoms with Crippen LogP contribution in [0.3, 0.4) is 0 Å². The van der Waals surface area contributed by atoms with Crippen LogP contribution in [0.5, 0.6) is 0 Å². The van der Waals surface area contributed by atoms with Gasteiger partial charge in [-0.25, -0.2) is 4.98 Å². The lowest BCUT2D eigenvalue weighted by Gasteiger charge is -2.09. The van der Waals surface area contributed by atoms with Gasteiger partial charge in [0.2, 0.25) is 0 Å². The molecule has 0 saturated heterocycles. The Morgan fingerprint density at radius 2 is 2.14 bits per heavy atom. The second kappa shape index (κ2) is 5.50. The molecule has 0 saturated carbocycles. The highest BCUT2D eigenvalue weighted by Crippen LogP contribution is 2.36. The molecule has 5 nitrogen and oxygen atoms in total. The SMILES string of the molecule is Cc1cc(=O)[nH]c(Sc2c(N)cnc3ccc(Br)cc23)n1. The number of hydrogen-bond donors (Lipinski definition) is 2. The van der Waals surface area contributed by atoms with Gasteiger partial charge in [-0.05, 0) is 36.9 Å². The zero-order valence-corrected chi connectivity index (χ0v) is 13.5. The molecule has 0 aliphatic rings. The highest BCUT2D eigenvalue weighted by atomic mass is 79.9. The van der Waals surface area contributed by atoms with Crippen molar-refractivity contribution in [2.45, 2.75) is 17.0 Å². The van der Waals surface area contributed by atoms with E-state index in [-0.39, 0.29) is 5.56 Å². The molecular weight excluding hydrogens is 352 g/mol. The van der Waals surface area contributed by atoms with Crippen LogP contribution in [0.4, 0.5) is 5.69 Å². The third kappa shape index (κ3) is 2.93. The van der Waals surface area contributed by atoms with Crippen LogP contribution in [0.1, 0.15) is 5.69 Å². The number of anilines is 1. The van der Waals surface area contributed by atoms with Gasteiger partial charge in [-0.1, -0.05) is 15.9 Å². The van der Waals surface area contributed by atoms with E-state index in [0.717, 1.165) is 20.3 Å². The molecule has 0 amide bonds. The number of nitrogens with zero attached hydrogens (tertiary/aromatic N) is 2. The van der Waals surface area contributed by atoms with E-state index in [1.807, 2.05) is 18.2 Å². The summed E-state index contributed by atoms with van der Waals surface area (Å²) >= 11 is 4.78. The van der Waals surface area contributed by atoms with Crippen molar-refractivity contribution in [3.63, 3.8) is 0 Å². The van der Waals surface area contributed by atoms with Gasteiger partial charge in [0, 0.05) is 26.5 Å². The molecule has 3 N–H and O–H groups in total. The Kier molecular flexibility index (Phi) is 3.69. The summed E-state index contributed by atoms with van der Waals surface area (Å²) in [6.45, 7) is 1.78. The van der Waals surface area contributed by atoms with Crippen LogP contribution in [0, 0.1) is 6.92 Å². The van der Waals surface area contributed by atoms with Gasteiger partial charge >= 0.3 is 0 Å². The minimum absolute atomic E-state index is 0.178. The van der Waals surface area contributed by atoms with E-state index in [1.54, 1.807) is 13.1 Å². The van der Waals surface area contributed by atoms with E-state index < -0.39 is 0 Å². The molecule has 0 aliphatic heterocycles. The first-order valence-corrected chi connectivity index (χ1v) is 7.73. The first-order valence-electron chi connectivity index (χ1n) is 6.12. The van der Waals surface area contributed by atoms with Crippen LogP contribution in [-0.2, 0) is 0 Å². The second-order valence-electron chi connectivity index (χ2n) is 4.50. The summed E-state index contributed by atoms with van der Waals surface area (Å²) in [7, 11) is 0. The number of H-pyrrole nitrogens is 1. The van der Waals surface area contributed by atoms with Gasteiger partial charge < -0.3 is 10.7 Å². The average Bonchev–Trinajstić information content (AvgIpc) is 2.41. The largest absolute Gasteiger partial charge is 0.397 e. The Bertz CT molecular complexity index is 889. The van der Waals surface area contributed by atoms with Crippen molar-refractivity contribution in [2.75, 3.05) is 5.73 Å². The number of nitrogens with two attached hydrogens (primary N) is 1. The Morgan fingerprint density at radius 3 is 2.90 bits per heavy atom. The standard InChI is InChI=1S/C14H11BrN4OS/c1-7-4-12(20)19-14(18-7)21-13-9-5-8(15)2-3-11(9)17-6-10(13)16/h2-6H,16H2,1H3,(H,18,19,20). The van der Waals surface area contributed by atoms with Crippen molar-refractivity contribution in [3.8, 4) is 0 Å². The summed E-state index contributed by atoms with van der Waals surface area (Å²) in [4.78, 5) is 23.7. The number of pyridine rings is 1. The minimum Gasteiger partial charge on any atom is -0.397 e. The molecule has 0 atom stereocenters. The quantitative estimate of drug-likeness (QED) is 0.684. The predicted octanol–water partition coefficient (Wildman–Crippen LogP) is 3.12. The molecule has 0 radical (unpaired) electrons. The number of aromatic nitrogens is 3. The highest BCUT2D eigenvalue weighted by molar-refractivity contribution is 9.10. The van der Waals surface area contributed by atoms with E-state index in [1.165, 1.54) is 17.8 Å². The number of aromatic amines is 1. The molecule has 0 unspecified atom stereocenters. The van der Waals surface area contributed by atoms with Crippen LogP contribution in [-0.4, -0.2) is 15.0 Å². The van der Waals surface area contributed by atoms with Crippen LogP contribution < -0.4 is 11.3 Å². The topological polar surface area (TPSA) is 84.7 Å². The molecule has 0 bridgehead atoms. The van der Waals surface area contributed by atoms with Gasteiger partial charge in [-0.3, -0.25) is 9.78 Å². The second-order valence-corrected chi connectivity index (χ2v) is 6.41. The van der Waals surface area contributed by atoms with Crippen molar-refractivity contribution in [2.24, 2.45) is 0 Å². The van der Waals surface area contributed by atoms with E-state index in [0.29, 0.717) is 16.5 Å². The Balaban J connectivity index is 2.17. The smallest absolute Gasteiger partial charge is 0.251 e. The lowest BCUT2D eigenvalue weighted by Crippen LogP contribution is -2.08. The third-order valence-electron chi connectivity index (χ3n) is 2.85. The normalized spacial score (nSPS) is 11.0. The van der Waals surface area contributed by atoms with Crippen molar-refractivity contribution in [3.05, 3.63) is 51.0 Å². The average molecular weight is 363 g/mol. The van der Waals surface area contributed by atoms with Crippen molar-refractivity contribution in [1.82, 2.24) is 15.0 Å². The Labute approximate surface area is 133 Å². The van der Waals surface area contributed by atoms with Crippen LogP contribution in [0.2, 0.25) is 0 Å².